The van der Waals surface area contributed by atoms with Crippen LogP contribution < -0.4 is 10.3 Å². The van der Waals surface area contributed by atoms with E-state index in [1.807, 2.05) is 6.07 Å². The average molecular weight is 328 g/mol. The first-order valence-electron chi connectivity index (χ1n) is 7.58. The molecule has 1 atom stereocenters. The zero-order valence-corrected chi connectivity index (χ0v) is 13.1. The fourth-order valence-electron chi connectivity index (χ4n) is 2.51. The summed E-state index contributed by atoms with van der Waals surface area (Å²) in [5.74, 6) is 0.0753. The Morgan fingerprint density at radius 3 is 2.71 bits per heavy atom. The number of hydrogen-bond donors (Lipinski definition) is 1. The summed E-state index contributed by atoms with van der Waals surface area (Å²) in [5.41, 5.74) is 0.399. The second kappa shape index (κ2) is 6.80. The van der Waals surface area contributed by atoms with E-state index in [0.29, 0.717) is 16.7 Å². The van der Waals surface area contributed by atoms with Crippen LogP contribution in [-0.4, -0.2) is 27.4 Å². The molecule has 0 fully saturated rings. The molecule has 0 bridgehead atoms. The molecule has 24 heavy (non-hydrogen) atoms. The van der Waals surface area contributed by atoms with Gasteiger partial charge in [-0.15, -0.1) is 0 Å². The third kappa shape index (κ3) is 3.28. The van der Waals surface area contributed by atoms with Gasteiger partial charge >= 0.3 is 0 Å². The number of halogens is 1. The van der Waals surface area contributed by atoms with Gasteiger partial charge in [-0.2, -0.15) is 0 Å². The van der Waals surface area contributed by atoms with E-state index < -0.39 is 11.9 Å². The first-order valence-corrected chi connectivity index (χ1v) is 7.58. The van der Waals surface area contributed by atoms with Crippen molar-refractivity contribution in [3.05, 3.63) is 70.5 Å². The third-order valence-electron chi connectivity index (χ3n) is 3.71. The Morgan fingerprint density at radius 2 is 1.92 bits per heavy atom. The summed E-state index contributed by atoms with van der Waals surface area (Å²) in [6, 6.07) is 13.0. The van der Waals surface area contributed by atoms with E-state index in [1.54, 1.807) is 37.3 Å². The maximum atomic E-state index is 13.5. The number of para-hydroxylation sites is 2. The van der Waals surface area contributed by atoms with Gasteiger partial charge in [-0.1, -0.05) is 24.3 Å². The molecule has 0 saturated heterocycles. The smallest absolute Gasteiger partial charge is 0.261 e. The number of hydrogen-bond acceptors (Lipinski definition) is 4. The second-order valence-electron chi connectivity index (χ2n) is 5.49. The standard InChI is InChI=1S/C18H17FN2O3/c1-12-20-16-8-4-2-6-14(16)18(23)21(12)10-13(22)11-24-17-9-5-3-7-15(17)19/h2-9,13,22H,10-11H2,1H3/t13-/m1/s1. The highest BCUT2D eigenvalue weighted by Crippen LogP contribution is 2.15. The lowest BCUT2D eigenvalue weighted by atomic mass is 10.2. The molecule has 0 saturated carbocycles. The van der Waals surface area contributed by atoms with Crippen LogP contribution in [0.25, 0.3) is 10.9 Å². The highest BCUT2D eigenvalue weighted by atomic mass is 19.1. The number of benzene rings is 2. The molecule has 2 aromatic carbocycles. The largest absolute Gasteiger partial charge is 0.488 e. The topological polar surface area (TPSA) is 64.4 Å². The van der Waals surface area contributed by atoms with E-state index in [-0.39, 0.29) is 24.5 Å². The van der Waals surface area contributed by atoms with Crippen LogP contribution >= 0.6 is 0 Å². The maximum absolute atomic E-state index is 13.5. The highest BCUT2D eigenvalue weighted by Gasteiger charge is 2.13. The molecule has 0 aliphatic carbocycles. The van der Waals surface area contributed by atoms with Gasteiger partial charge in [0, 0.05) is 0 Å². The minimum absolute atomic E-state index is 0.0248. The molecule has 3 rings (SSSR count). The minimum Gasteiger partial charge on any atom is -0.488 e. The summed E-state index contributed by atoms with van der Waals surface area (Å²) < 4.78 is 20.2. The van der Waals surface area contributed by atoms with Crippen molar-refractivity contribution in [3.8, 4) is 5.75 Å². The first kappa shape index (κ1) is 16.1. The van der Waals surface area contributed by atoms with Crippen molar-refractivity contribution in [2.24, 2.45) is 0 Å². The number of fused-ring (bicyclic) bond motifs is 1. The lowest BCUT2D eigenvalue weighted by Gasteiger charge is -2.16. The average Bonchev–Trinajstić information content (AvgIpc) is 2.58. The quantitative estimate of drug-likeness (QED) is 0.780. The van der Waals surface area contributed by atoms with Crippen LogP contribution in [0.2, 0.25) is 0 Å². The van der Waals surface area contributed by atoms with Crippen molar-refractivity contribution in [3.63, 3.8) is 0 Å². The fourth-order valence-corrected chi connectivity index (χ4v) is 2.51. The molecular weight excluding hydrogens is 311 g/mol. The van der Waals surface area contributed by atoms with E-state index in [0.717, 1.165) is 0 Å². The predicted octanol–water partition coefficient (Wildman–Crippen LogP) is 2.28. The molecule has 0 radical (unpaired) electrons. The monoisotopic (exact) mass is 328 g/mol. The molecule has 0 aliphatic heterocycles. The summed E-state index contributed by atoms with van der Waals surface area (Å²) in [6.45, 7) is 1.61. The zero-order chi connectivity index (χ0) is 17.1. The molecule has 1 N–H and O–H groups in total. The Hall–Kier alpha value is -2.73. The van der Waals surface area contributed by atoms with Gasteiger partial charge in [-0.25, -0.2) is 9.37 Å². The molecule has 6 heteroatoms. The lowest BCUT2D eigenvalue weighted by Crippen LogP contribution is -2.32. The van der Waals surface area contributed by atoms with Crippen LogP contribution in [0, 0.1) is 12.7 Å². The molecule has 1 heterocycles. The molecule has 5 nitrogen and oxygen atoms in total. The number of rotatable bonds is 5. The molecule has 1 aromatic heterocycles. The van der Waals surface area contributed by atoms with Gasteiger partial charge < -0.3 is 9.84 Å². The number of aryl methyl sites for hydroxylation is 1. The molecule has 0 unspecified atom stereocenters. The molecule has 0 spiro atoms. The van der Waals surface area contributed by atoms with Gasteiger partial charge in [0.1, 0.15) is 18.5 Å². The van der Waals surface area contributed by atoms with E-state index in [9.17, 15) is 14.3 Å². The van der Waals surface area contributed by atoms with Gasteiger partial charge in [-0.05, 0) is 31.2 Å². The van der Waals surface area contributed by atoms with E-state index in [1.165, 1.54) is 16.7 Å². The third-order valence-corrected chi connectivity index (χ3v) is 3.71. The van der Waals surface area contributed by atoms with Gasteiger partial charge in [0.2, 0.25) is 0 Å². The van der Waals surface area contributed by atoms with Crippen LogP contribution in [0.1, 0.15) is 5.82 Å². The van der Waals surface area contributed by atoms with E-state index in [2.05, 4.69) is 4.98 Å². The Labute approximate surface area is 138 Å². The Bertz CT molecular complexity index is 924. The van der Waals surface area contributed by atoms with Crippen LogP contribution in [0.5, 0.6) is 5.75 Å². The van der Waals surface area contributed by atoms with Gasteiger partial charge in [-0.3, -0.25) is 9.36 Å². The van der Waals surface area contributed by atoms with Gasteiger partial charge in [0.15, 0.2) is 11.6 Å². The second-order valence-corrected chi connectivity index (χ2v) is 5.49. The summed E-state index contributed by atoms with van der Waals surface area (Å²) in [5, 5.41) is 10.6. The Kier molecular flexibility index (Phi) is 4.57. The predicted molar refractivity (Wildman–Crippen MR) is 88.6 cm³/mol. The van der Waals surface area contributed by atoms with Gasteiger partial charge in [0.25, 0.3) is 5.56 Å². The maximum Gasteiger partial charge on any atom is 0.261 e. The van der Waals surface area contributed by atoms with Crippen molar-refractivity contribution in [1.29, 1.82) is 0 Å². The normalized spacial score (nSPS) is 12.3. The van der Waals surface area contributed by atoms with E-state index in [4.69, 9.17) is 4.74 Å². The summed E-state index contributed by atoms with van der Waals surface area (Å²) >= 11 is 0. The molecule has 0 amide bonds. The SMILES string of the molecule is Cc1nc2ccccc2c(=O)n1C[C@@H](O)COc1ccccc1F. The van der Waals surface area contributed by atoms with Crippen LogP contribution in [-0.2, 0) is 6.54 Å². The van der Waals surface area contributed by atoms with Gasteiger partial charge in [0.05, 0.1) is 17.4 Å². The summed E-state index contributed by atoms with van der Waals surface area (Å²) in [6.07, 6.45) is -0.969. The first-order chi connectivity index (χ1) is 11.6. The molecule has 124 valence electrons. The summed E-state index contributed by atoms with van der Waals surface area (Å²) in [4.78, 5) is 16.9. The Balaban J connectivity index is 1.77. The van der Waals surface area contributed by atoms with Crippen molar-refractivity contribution in [2.75, 3.05) is 6.61 Å². The van der Waals surface area contributed by atoms with E-state index >= 15 is 0 Å². The number of aromatic nitrogens is 2. The van der Waals surface area contributed by atoms with Crippen molar-refractivity contribution in [2.45, 2.75) is 19.6 Å². The number of aliphatic hydroxyl groups excluding tert-OH is 1. The summed E-state index contributed by atoms with van der Waals surface area (Å²) in [7, 11) is 0. The zero-order valence-electron chi connectivity index (χ0n) is 13.1. The van der Waals surface area contributed by atoms with Crippen LogP contribution in [0.4, 0.5) is 4.39 Å². The van der Waals surface area contributed by atoms with Crippen molar-refractivity contribution in [1.82, 2.24) is 9.55 Å². The molecular formula is C18H17FN2O3. The highest BCUT2D eigenvalue weighted by molar-refractivity contribution is 5.77. The Morgan fingerprint density at radius 1 is 1.21 bits per heavy atom. The van der Waals surface area contributed by atoms with Crippen LogP contribution in [0.15, 0.2) is 53.3 Å². The number of aliphatic hydroxyl groups is 1. The van der Waals surface area contributed by atoms with Crippen molar-refractivity contribution >= 4 is 10.9 Å². The molecule has 3 aromatic rings. The number of nitrogens with zero attached hydrogens (tertiary/aromatic N) is 2. The van der Waals surface area contributed by atoms with Crippen LogP contribution in [0.3, 0.4) is 0 Å². The fraction of sp³-hybridized carbons (Fsp3) is 0.222. The minimum atomic E-state index is -0.969. The molecule has 0 aliphatic rings. The van der Waals surface area contributed by atoms with Crippen molar-refractivity contribution < 1.29 is 14.2 Å². The number of ether oxygens (including phenoxy) is 1. The lowest BCUT2D eigenvalue weighted by molar-refractivity contribution is 0.0889.